The number of thiophene rings is 1. The van der Waals surface area contributed by atoms with Crippen LogP contribution in [0.25, 0.3) is 11.1 Å². The molecule has 1 amide bonds. The second kappa shape index (κ2) is 7.76. The summed E-state index contributed by atoms with van der Waals surface area (Å²) in [5.41, 5.74) is 5.39. The molecule has 3 rings (SSSR count). The predicted molar refractivity (Wildman–Crippen MR) is 110 cm³/mol. The lowest BCUT2D eigenvalue weighted by molar-refractivity contribution is 0.0699. The summed E-state index contributed by atoms with van der Waals surface area (Å²) in [5.74, 6) is -1.36. The van der Waals surface area contributed by atoms with Gasteiger partial charge in [0.2, 0.25) is 0 Å². The summed E-state index contributed by atoms with van der Waals surface area (Å²) in [6.45, 7) is 6.00. The van der Waals surface area contributed by atoms with E-state index in [1.807, 2.05) is 50.2 Å². The number of nitrogens with one attached hydrogen (secondary N) is 1. The largest absolute Gasteiger partial charge is 0.478 e. The summed E-state index contributed by atoms with van der Waals surface area (Å²) in [4.78, 5) is 24.5. The van der Waals surface area contributed by atoms with Gasteiger partial charge < -0.3 is 10.4 Å². The normalized spacial score (nSPS) is 10.6. The molecule has 3 aromatic rings. The van der Waals surface area contributed by atoms with E-state index < -0.39 is 5.97 Å². The number of anilines is 1. The van der Waals surface area contributed by atoms with Crippen molar-refractivity contribution in [1.29, 1.82) is 0 Å². The molecule has 4 nitrogen and oxygen atoms in total. The zero-order valence-electron chi connectivity index (χ0n) is 15.5. The first-order valence-corrected chi connectivity index (χ1v) is 9.61. The van der Waals surface area contributed by atoms with Gasteiger partial charge in [-0.1, -0.05) is 37.3 Å². The van der Waals surface area contributed by atoms with Gasteiger partial charge in [-0.25, -0.2) is 4.79 Å². The van der Waals surface area contributed by atoms with Crippen molar-refractivity contribution < 1.29 is 14.7 Å². The van der Waals surface area contributed by atoms with Gasteiger partial charge in [0, 0.05) is 16.5 Å². The molecule has 0 unspecified atom stereocenters. The van der Waals surface area contributed by atoms with E-state index >= 15 is 0 Å². The summed E-state index contributed by atoms with van der Waals surface area (Å²) in [6.07, 6.45) is 0.924. The fourth-order valence-corrected chi connectivity index (χ4v) is 3.81. The molecule has 1 aromatic heterocycles. The van der Waals surface area contributed by atoms with Crippen LogP contribution in [0.3, 0.4) is 0 Å². The maximum absolute atomic E-state index is 12.6. The van der Waals surface area contributed by atoms with Gasteiger partial charge in [-0.2, -0.15) is 0 Å². The van der Waals surface area contributed by atoms with Crippen LogP contribution in [0, 0.1) is 13.8 Å². The second-order valence-corrected chi connectivity index (χ2v) is 7.34. The molecule has 138 valence electrons. The SMILES string of the molecule is CCc1ccc(-c2csc(NC(=O)c3ccc(C)c(C)c3)c2C(=O)O)cc1. The van der Waals surface area contributed by atoms with Crippen LogP contribution in [0.2, 0.25) is 0 Å². The Morgan fingerprint density at radius 3 is 2.33 bits per heavy atom. The van der Waals surface area contributed by atoms with Crippen LogP contribution in [-0.4, -0.2) is 17.0 Å². The average Bonchev–Trinajstić information content (AvgIpc) is 3.07. The zero-order chi connectivity index (χ0) is 19.6. The molecule has 0 fully saturated rings. The van der Waals surface area contributed by atoms with Gasteiger partial charge in [0.15, 0.2) is 0 Å². The van der Waals surface area contributed by atoms with Crippen LogP contribution in [0.4, 0.5) is 5.00 Å². The molecular formula is C22H21NO3S. The molecule has 0 aliphatic rings. The first kappa shape index (κ1) is 18.9. The Labute approximate surface area is 162 Å². The molecule has 0 saturated carbocycles. The highest BCUT2D eigenvalue weighted by Crippen LogP contribution is 2.36. The number of carbonyl (C=O) groups excluding carboxylic acids is 1. The molecule has 0 aliphatic carbocycles. The second-order valence-electron chi connectivity index (χ2n) is 6.46. The van der Waals surface area contributed by atoms with E-state index in [0.717, 1.165) is 23.1 Å². The van der Waals surface area contributed by atoms with E-state index in [1.165, 1.54) is 16.9 Å². The molecule has 5 heteroatoms. The first-order valence-electron chi connectivity index (χ1n) is 8.73. The Morgan fingerprint density at radius 2 is 1.74 bits per heavy atom. The Balaban J connectivity index is 1.93. The summed E-state index contributed by atoms with van der Waals surface area (Å²) < 4.78 is 0. The van der Waals surface area contributed by atoms with E-state index in [2.05, 4.69) is 12.2 Å². The number of aromatic carboxylic acids is 1. The Morgan fingerprint density at radius 1 is 1.04 bits per heavy atom. The highest BCUT2D eigenvalue weighted by atomic mass is 32.1. The highest BCUT2D eigenvalue weighted by molar-refractivity contribution is 7.15. The van der Waals surface area contributed by atoms with Crippen molar-refractivity contribution in [2.75, 3.05) is 5.32 Å². The van der Waals surface area contributed by atoms with Crippen LogP contribution in [0.15, 0.2) is 47.8 Å². The van der Waals surface area contributed by atoms with Gasteiger partial charge >= 0.3 is 5.97 Å². The fraction of sp³-hybridized carbons (Fsp3) is 0.182. The van der Waals surface area contributed by atoms with Crippen molar-refractivity contribution in [2.45, 2.75) is 27.2 Å². The molecule has 0 bridgehead atoms. The van der Waals surface area contributed by atoms with Gasteiger partial charge in [0.05, 0.1) is 0 Å². The smallest absolute Gasteiger partial charge is 0.339 e. The molecule has 0 spiro atoms. The number of amides is 1. The van der Waals surface area contributed by atoms with Crippen molar-refractivity contribution >= 4 is 28.2 Å². The maximum atomic E-state index is 12.6. The van der Waals surface area contributed by atoms with Crippen LogP contribution >= 0.6 is 11.3 Å². The lowest BCUT2D eigenvalue weighted by atomic mass is 10.0. The third-order valence-corrected chi connectivity index (χ3v) is 5.57. The fourth-order valence-electron chi connectivity index (χ4n) is 2.85. The minimum Gasteiger partial charge on any atom is -0.478 e. The molecule has 2 N–H and O–H groups in total. The maximum Gasteiger partial charge on any atom is 0.339 e. The molecule has 0 saturated heterocycles. The Hall–Kier alpha value is -2.92. The Kier molecular flexibility index (Phi) is 5.42. The quantitative estimate of drug-likeness (QED) is 0.611. The monoisotopic (exact) mass is 379 g/mol. The lowest BCUT2D eigenvalue weighted by Gasteiger charge is -2.08. The summed E-state index contributed by atoms with van der Waals surface area (Å²) in [5, 5.41) is 14.6. The molecule has 1 heterocycles. The first-order chi connectivity index (χ1) is 12.9. The van der Waals surface area contributed by atoms with Crippen molar-refractivity contribution in [3.05, 3.63) is 75.7 Å². The number of rotatable bonds is 5. The third kappa shape index (κ3) is 3.93. The van der Waals surface area contributed by atoms with Gasteiger partial charge in [0.25, 0.3) is 5.91 Å². The Bertz CT molecular complexity index is 1000. The number of carboxylic acid groups (broad SMARTS) is 1. The highest BCUT2D eigenvalue weighted by Gasteiger charge is 2.21. The van der Waals surface area contributed by atoms with Crippen molar-refractivity contribution in [1.82, 2.24) is 0 Å². The minimum atomic E-state index is -1.05. The van der Waals surface area contributed by atoms with E-state index in [0.29, 0.717) is 16.1 Å². The summed E-state index contributed by atoms with van der Waals surface area (Å²) in [6, 6.07) is 13.3. The molecule has 27 heavy (non-hydrogen) atoms. The lowest BCUT2D eigenvalue weighted by Crippen LogP contribution is -2.13. The number of carboxylic acids is 1. The number of hydrogen-bond donors (Lipinski definition) is 2. The van der Waals surface area contributed by atoms with Gasteiger partial charge in [-0.05, 0) is 54.7 Å². The predicted octanol–water partition coefficient (Wildman–Crippen LogP) is 5.54. The molecule has 0 aliphatic heterocycles. The number of aryl methyl sites for hydroxylation is 3. The molecular weight excluding hydrogens is 358 g/mol. The number of benzene rings is 2. The van der Waals surface area contributed by atoms with Crippen LogP contribution in [-0.2, 0) is 6.42 Å². The van der Waals surface area contributed by atoms with Crippen LogP contribution < -0.4 is 5.32 Å². The molecule has 2 aromatic carbocycles. The van der Waals surface area contributed by atoms with Crippen molar-refractivity contribution in [3.63, 3.8) is 0 Å². The number of hydrogen-bond acceptors (Lipinski definition) is 3. The van der Waals surface area contributed by atoms with Gasteiger partial charge in [-0.3, -0.25) is 4.79 Å². The summed E-state index contributed by atoms with van der Waals surface area (Å²) in [7, 11) is 0. The van der Waals surface area contributed by atoms with Gasteiger partial charge in [-0.15, -0.1) is 11.3 Å². The zero-order valence-corrected chi connectivity index (χ0v) is 16.3. The van der Waals surface area contributed by atoms with E-state index in [-0.39, 0.29) is 11.5 Å². The standard InChI is InChI=1S/C22H21NO3S/c1-4-15-6-9-16(10-7-15)18-12-27-21(19(18)22(25)26)23-20(24)17-8-5-13(2)14(3)11-17/h5-12H,4H2,1-3H3,(H,23,24)(H,25,26). The van der Waals surface area contributed by atoms with Crippen molar-refractivity contribution in [2.24, 2.45) is 0 Å². The molecule has 0 radical (unpaired) electrons. The van der Waals surface area contributed by atoms with Gasteiger partial charge in [0.1, 0.15) is 10.6 Å². The average molecular weight is 379 g/mol. The number of carbonyl (C=O) groups is 2. The van der Waals surface area contributed by atoms with Crippen LogP contribution in [0.5, 0.6) is 0 Å². The molecule has 0 atom stereocenters. The third-order valence-electron chi connectivity index (χ3n) is 4.67. The topological polar surface area (TPSA) is 66.4 Å². The van der Waals surface area contributed by atoms with E-state index in [4.69, 9.17) is 0 Å². The van der Waals surface area contributed by atoms with Crippen LogP contribution in [0.1, 0.15) is 44.3 Å². The van der Waals surface area contributed by atoms with E-state index in [1.54, 1.807) is 11.4 Å². The van der Waals surface area contributed by atoms with E-state index in [9.17, 15) is 14.7 Å². The minimum absolute atomic E-state index is 0.126. The van der Waals surface area contributed by atoms with Crippen molar-refractivity contribution in [3.8, 4) is 11.1 Å². The summed E-state index contributed by atoms with van der Waals surface area (Å²) >= 11 is 1.23.